The minimum Gasteiger partial charge on any atom is -0.340 e. The monoisotopic (exact) mass is 301 g/mol. The summed E-state index contributed by atoms with van der Waals surface area (Å²) in [6.07, 6.45) is 10.2. The van der Waals surface area contributed by atoms with Crippen LogP contribution in [0.3, 0.4) is 0 Å². The Labute approximate surface area is 133 Å². The van der Waals surface area contributed by atoms with Gasteiger partial charge in [0.25, 0.3) is 0 Å². The molecule has 1 aromatic heterocycles. The van der Waals surface area contributed by atoms with Crippen molar-refractivity contribution in [1.29, 1.82) is 0 Å². The number of likely N-dealkylation sites (tertiary alicyclic amines) is 1. The van der Waals surface area contributed by atoms with Gasteiger partial charge in [-0.2, -0.15) is 0 Å². The summed E-state index contributed by atoms with van der Waals surface area (Å²) < 4.78 is 2.14. The first kappa shape index (κ1) is 15.3. The molecule has 1 aliphatic carbocycles. The van der Waals surface area contributed by atoms with E-state index in [0.717, 1.165) is 25.9 Å². The van der Waals surface area contributed by atoms with Crippen LogP contribution in [0.15, 0.2) is 30.4 Å². The molecule has 1 saturated carbocycles. The molecule has 2 fully saturated rings. The number of aromatic nitrogens is 2. The van der Waals surface area contributed by atoms with Gasteiger partial charge in [-0.25, -0.2) is 4.98 Å². The first-order valence-electron chi connectivity index (χ1n) is 8.32. The quantitative estimate of drug-likeness (QED) is 0.804. The van der Waals surface area contributed by atoms with Crippen molar-refractivity contribution < 1.29 is 4.79 Å². The molecule has 2 heterocycles. The van der Waals surface area contributed by atoms with Gasteiger partial charge in [-0.15, -0.1) is 0 Å². The lowest BCUT2D eigenvalue weighted by molar-refractivity contribution is -0.135. The third-order valence-electron chi connectivity index (χ3n) is 5.34. The normalized spacial score (nSPS) is 30.0. The number of piperidine rings is 1. The summed E-state index contributed by atoms with van der Waals surface area (Å²) in [4.78, 5) is 19.2. The lowest BCUT2D eigenvalue weighted by atomic mass is 10.0. The predicted molar refractivity (Wildman–Crippen MR) is 87.3 cm³/mol. The number of amides is 1. The minimum absolute atomic E-state index is 0.107. The third-order valence-corrected chi connectivity index (χ3v) is 5.34. The van der Waals surface area contributed by atoms with Gasteiger partial charge >= 0.3 is 0 Å². The average Bonchev–Trinajstić information content (AvgIpc) is 2.87. The van der Waals surface area contributed by atoms with Crippen molar-refractivity contribution >= 4 is 5.91 Å². The highest BCUT2D eigenvalue weighted by atomic mass is 16.2. The molecule has 0 radical (unpaired) electrons. The smallest absolute Gasteiger partial charge is 0.226 e. The number of hydrogen-bond acceptors (Lipinski definition) is 2. The van der Waals surface area contributed by atoms with Gasteiger partial charge in [0.1, 0.15) is 0 Å². The molecule has 3 atom stereocenters. The SMILES string of the molecule is CC(C)=C[C@@H]1[C@H](C(=O)N2CCC[C@H](n3ccnc3)C2)C1(C)C. The van der Waals surface area contributed by atoms with Crippen molar-refractivity contribution in [1.82, 2.24) is 14.5 Å². The van der Waals surface area contributed by atoms with Crippen LogP contribution in [0, 0.1) is 17.3 Å². The summed E-state index contributed by atoms with van der Waals surface area (Å²) in [6.45, 7) is 10.4. The van der Waals surface area contributed by atoms with E-state index in [-0.39, 0.29) is 11.3 Å². The van der Waals surface area contributed by atoms with E-state index in [1.165, 1.54) is 5.57 Å². The molecule has 3 rings (SSSR count). The summed E-state index contributed by atoms with van der Waals surface area (Å²) in [7, 11) is 0. The van der Waals surface area contributed by atoms with Gasteiger partial charge in [-0.05, 0) is 38.0 Å². The fraction of sp³-hybridized carbons (Fsp3) is 0.667. The first-order valence-corrected chi connectivity index (χ1v) is 8.32. The minimum atomic E-state index is 0.107. The Morgan fingerprint density at radius 2 is 2.14 bits per heavy atom. The second kappa shape index (κ2) is 5.56. The molecular formula is C18H27N3O. The highest BCUT2D eigenvalue weighted by molar-refractivity contribution is 5.84. The Balaban J connectivity index is 1.69. The lowest BCUT2D eigenvalue weighted by Crippen LogP contribution is -2.42. The molecule has 22 heavy (non-hydrogen) atoms. The van der Waals surface area contributed by atoms with Crippen molar-refractivity contribution in [3.63, 3.8) is 0 Å². The second-order valence-corrected chi connectivity index (χ2v) is 7.66. The Kier molecular flexibility index (Phi) is 3.87. The Morgan fingerprint density at radius 3 is 2.77 bits per heavy atom. The Morgan fingerprint density at radius 1 is 1.36 bits per heavy atom. The third kappa shape index (κ3) is 2.71. The molecule has 1 amide bonds. The number of carbonyl (C=O) groups is 1. The van der Waals surface area contributed by atoms with E-state index in [1.807, 2.05) is 18.7 Å². The predicted octanol–water partition coefficient (Wildman–Crippen LogP) is 3.29. The topological polar surface area (TPSA) is 38.1 Å². The molecule has 0 aromatic carbocycles. The van der Waals surface area contributed by atoms with Crippen LogP contribution in [0.2, 0.25) is 0 Å². The fourth-order valence-electron chi connectivity index (χ4n) is 3.90. The van der Waals surface area contributed by atoms with Gasteiger partial charge < -0.3 is 9.47 Å². The summed E-state index contributed by atoms with van der Waals surface area (Å²) in [5, 5.41) is 0. The first-order chi connectivity index (χ1) is 10.4. The molecule has 4 nitrogen and oxygen atoms in total. The van der Waals surface area contributed by atoms with E-state index < -0.39 is 0 Å². The van der Waals surface area contributed by atoms with Gasteiger partial charge in [0.05, 0.1) is 18.3 Å². The molecule has 0 N–H and O–H groups in total. The molecule has 4 heteroatoms. The van der Waals surface area contributed by atoms with Crippen LogP contribution in [-0.2, 0) is 4.79 Å². The zero-order valence-corrected chi connectivity index (χ0v) is 14.1. The van der Waals surface area contributed by atoms with Gasteiger partial charge in [-0.1, -0.05) is 25.5 Å². The van der Waals surface area contributed by atoms with Gasteiger partial charge in [0.2, 0.25) is 5.91 Å². The van der Waals surface area contributed by atoms with E-state index in [0.29, 0.717) is 17.9 Å². The summed E-state index contributed by atoms with van der Waals surface area (Å²) in [5.41, 5.74) is 1.42. The van der Waals surface area contributed by atoms with Crippen LogP contribution < -0.4 is 0 Å². The van der Waals surface area contributed by atoms with Crippen LogP contribution >= 0.6 is 0 Å². The number of allylic oxidation sites excluding steroid dienone is 2. The van der Waals surface area contributed by atoms with Crippen LogP contribution in [0.1, 0.15) is 46.6 Å². The van der Waals surface area contributed by atoms with E-state index in [1.54, 1.807) is 0 Å². The molecule has 0 spiro atoms. The molecule has 0 unspecified atom stereocenters. The van der Waals surface area contributed by atoms with E-state index in [4.69, 9.17) is 0 Å². The van der Waals surface area contributed by atoms with Crippen molar-refractivity contribution in [2.24, 2.45) is 17.3 Å². The Bertz CT molecular complexity index is 569. The van der Waals surface area contributed by atoms with Crippen LogP contribution in [0.5, 0.6) is 0 Å². The molecule has 2 aliphatic rings. The maximum absolute atomic E-state index is 13.0. The standard InChI is InChI=1S/C18H27N3O/c1-13(2)10-15-16(18(15,3)4)17(22)20-8-5-6-14(11-20)21-9-7-19-12-21/h7,9-10,12,14-16H,5-6,8,11H2,1-4H3/t14-,15+,16+/m0/s1. The molecular weight excluding hydrogens is 274 g/mol. The van der Waals surface area contributed by atoms with Crippen LogP contribution in [-0.4, -0.2) is 33.4 Å². The van der Waals surface area contributed by atoms with Crippen LogP contribution in [0.4, 0.5) is 0 Å². The fourth-order valence-corrected chi connectivity index (χ4v) is 3.90. The number of rotatable bonds is 3. The lowest BCUT2D eigenvalue weighted by Gasteiger charge is -2.33. The largest absolute Gasteiger partial charge is 0.340 e. The second-order valence-electron chi connectivity index (χ2n) is 7.66. The maximum atomic E-state index is 13.0. The highest BCUT2D eigenvalue weighted by Crippen LogP contribution is 2.60. The number of nitrogens with zero attached hydrogens (tertiary/aromatic N) is 3. The summed E-state index contributed by atoms with van der Waals surface area (Å²) >= 11 is 0. The van der Waals surface area contributed by atoms with E-state index in [9.17, 15) is 4.79 Å². The highest BCUT2D eigenvalue weighted by Gasteiger charge is 2.61. The van der Waals surface area contributed by atoms with Crippen molar-refractivity contribution in [2.75, 3.05) is 13.1 Å². The molecule has 0 bridgehead atoms. The van der Waals surface area contributed by atoms with Crippen molar-refractivity contribution in [3.8, 4) is 0 Å². The van der Waals surface area contributed by atoms with Gasteiger partial charge in [-0.3, -0.25) is 4.79 Å². The number of carbonyl (C=O) groups excluding carboxylic acids is 1. The molecule has 1 aromatic rings. The number of hydrogen-bond donors (Lipinski definition) is 0. The summed E-state index contributed by atoms with van der Waals surface area (Å²) in [6, 6.07) is 0.379. The van der Waals surface area contributed by atoms with Crippen molar-refractivity contribution in [2.45, 2.75) is 46.6 Å². The summed E-state index contributed by atoms with van der Waals surface area (Å²) in [5.74, 6) is 0.903. The molecule has 120 valence electrons. The maximum Gasteiger partial charge on any atom is 0.226 e. The zero-order chi connectivity index (χ0) is 15.9. The van der Waals surface area contributed by atoms with Gasteiger partial charge in [0, 0.05) is 25.5 Å². The van der Waals surface area contributed by atoms with Crippen molar-refractivity contribution in [3.05, 3.63) is 30.4 Å². The number of imidazole rings is 1. The van der Waals surface area contributed by atoms with E-state index >= 15 is 0 Å². The zero-order valence-electron chi connectivity index (χ0n) is 14.1. The average molecular weight is 301 g/mol. The molecule has 1 saturated heterocycles. The van der Waals surface area contributed by atoms with Crippen LogP contribution in [0.25, 0.3) is 0 Å². The van der Waals surface area contributed by atoms with Gasteiger partial charge in [0.15, 0.2) is 0 Å². The Hall–Kier alpha value is -1.58. The molecule has 1 aliphatic heterocycles. The van der Waals surface area contributed by atoms with E-state index in [2.05, 4.69) is 48.2 Å².